The van der Waals surface area contributed by atoms with Crippen LogP contribution < -0.4 is 0 Å². The molecule has 3 aliphatic carbocycles. The quantitative estimate of drug-likeness (QED) is 0.789. The maximum atomic E-state index is 13.6. The molecule has 5 rings (SSSR count). The maximum Gasteiger partial charge on any atom is 0.168 e. The molecule has 2 fully saturated rings. The maximum absolute atomic E-state index is 13.6. The summed E-state index contributed by atoms with van der Waals surface area (Å²) in [6.07, 6.45) is 3.47. The summed E-state index contributed by atoms with van der Waals surface area (Å²) in [4.78, 5) is 15.1. The standard InChI is InChI=1S/C23H22O2S/c1-14-7-11-18(12-8-14)26(25)23-20-17-10-9-16(13-17)19(20)22(24)21(23)15-5-3-2-4-6-15/h2-8,11-12,16-17,19-20H,9-10,13H2,1H3/t16-,17+,19+,20-,26?/m0/s1. The molecule has 0 aliphatic heterocycles. The van der Waals surface area contributed by atoms with Crippen LogP contribution in [0.3, 0.4) is 0 Å². The molecule has 132 valence electrons. The van der Waals surface area contributed by atoms with Crippen molar-refractivity contribution < 1.29 is 9.00 Å². The van der Waals surface area contributed by atoms with E-state index < -0.39 is 10.8 Å². The minimum atomic E-state index is -1.27. The molecule has 0 saturated heterocycles. The monoisotopic (exact) mass is 362 g/mol. The second-order valence-electron chi connectivity index (χ2n) is 7.94. The SMILES string of the molecule is Cc1ccc(S(=O)C2=C(c3ccccc3)C(=O)[C@@H]3[C@H]4CC[C@H](C4)[C@H]23)cc1. The zero-order chi connectivity index (χ0) is 17.8. The molecule has 26 heavy (non-hydrogen) atoms. The Bertz CT molecular complexity index is 926. The van der Waals surface area contributed by atoms with Gasteiger partial charge in [-0.3, -0.25) is 4.79 Å². The number of allylic oxidation sites excluding steroid dienone is 2. The number of rotatable bonds is 3. The second kappa shape index (κ2) is 6.02. The molecule has 0 aromatic heterocycles. The van der Waals surface area contributed by atoms with Gasteiger partial charge >= 0.3 is 0 Å². The summed E-state index contributed by atoms with van der Waals surface area (Å²) >= 11 is 0. The van der Waals surface area contributed by atoms with Gasteiger partial charge in [0.1, 0.15) is 0 Å². The topological polar surface area (TPSA) is 34.1 Å². The molecule has 2 aromatic rings. The summed E-state index contributed by atoms with van der Waals surface area (Å²) < 4.78 is 13.6. The summed E-state index contributed by atoms with van der Waals surface area (Å²) in [6, 6.07) is 17.8. The molecule has 1 unspecified atom stereocenters. The molecule has 2 nitrogen and oxygen atoms in total. The number of ketones is 1. The van der Waals surface area contributed by atoms with Gasteiger partial charge in [-0.05, 0) is 55.7 Å². The van der Waals surface area contributed by atoms with Gasteiger partial charge in [-0.1, -0.05) is 48.0 Å². The van der Waals surface area contributed by atoms with E-state index in [1.807, 2.05) is 61.5 Å². The van der Waals surface area contributed by atoms with Crippen LogP contribution in [0.4, 0.5) is 0 Å². The third kappa shape index (κ3) is 2.30. The summed E-state index contributed by atoms with van der Waals surface area (Å²) in [7, 11) is -1.27. The average molecular weight is 362 g/mol. The van der Waals surface area contributed by atoms with Crippen LogP contribution in [0.2, 0.25) is 0 Å². The average Bonchev–Trinajstić information content (AvgIpc) is 3.35. The van der Waals surface area contributed by atoms with E-state index in [4.69, 9.17) is 0 Å². The molecule has 2 saturated carbocycles. The van der Waals surface area contributed by atoms with Crippen LogP contribution in [0.15, 0.2) is 64.4 Å². The highest BCUT2D eigenvalue weighted by Gasteiger charge is 2.58. The second-order valence-corrected chi connectivity index (χ2v) is 9.38. The number of aryl methyl sites for hydroxylation is 1. The van der Waals surface area contributed by atoms with Crippen molar-refractivity contribution in [3.63, 3.8) is 0 Å². The largest absolute Gasteiger partial charge is 0.294 e. The van der Waals surface area contributed by atoms with Crippen molar-refractivity contribution in [2.24, 2.45) is 23.7 Å². The van der Waals surface area contributed by atoms with E-state index in [-0.39, 0.29) is 17.6 Å². The van der Waals surface area contributed by atoms with Gasteiger partial charge in [0.05, 0.1) is 10.8 Å². The first kappa shape index (κ1) is 16.2. The normalized spacial score (nSPS) is 30.7. The lowest BCUT2D eigenvalue weighted by atomic mass is 9.80. The number of fused-ring (bicyclic) bond motifs is 5. The third-order valence-electron chi connectivity index (χ3n) is 6.51. The molecule has 0 radical (unpaired) electrons. The van der Waals surface area contributed by atoms with E-state index in [9.17, 15) is 9.00 Å². The van der Waals surface area contributed by atoms with E-state index in [1.165, 1.54) is 6.42 Å². The first-order valence-electron chi connectivity index (χ1n) is 9.47. The highest BCUT2D eigenvalue weighted by molar-refractivity contribution is 7.89. The number of carbonyl (C=O) groups excluding carboxylic acids is 1. The Morgan fingerprint density at radius 2 is 1.54 bits per heavy atom. The van der Waals surface area contributed by atoms with E-state index in [0.29, 0.717) is 11.8 Å². The van der Waals surface area contributed by atoms with Crippen LogP contribution in [-0.4, -0.2) is 9.99 Å². The van der Waals surface area contributed by atoms with Gasteiger partial charge in [-0.2, -0.15) is 0 Å². The molecule has 0 heterocycles. The number of carbonyl (C=O) groups is 1. The van der Waals surface area contributed by atoms with Gasteiger partial charge in [0.25, 0.3) is 0 Å². The zero-order valence-corrected chi connectivity index (χ0v) is 15.7. The fourth-order valence-corrected chi connectivity index (χ4v) is 7.02. The van der Waals surface area contributed by atoms with E-state index >= 15 is 0 Å². The molecule has 0 spiro atoms. The van der Waals surface area contributed by atoms with Crippen molar-refractivity contribution >= 4 is 22.2 Å². The number of hydrogen-bond acceptors (Lipinski definition) is 2. The molecule has 0 N–H and O–H groups in total. The van der Waals surface area contributed by atoms with Crippen molar-refractivity contribution in [1.29, 1.82) is 0 Å². The lowest BCUT2D eigenvalue weighted by molar-refractivity contribution is -0.118. The Balaban J connectivity index is 1.68. The van der Waals surface area contributed by atoms with Gasteiger partial charge in [-0.25, -0.2) is 4.21 Å². The summed E-state index contributed by atoms with van der Waals surface area (Å²) in [5.74, 6) is 1.50. The molecule has 2 bridgehead atoms. The van der Waals surface area contributed by atoms with Crippen molar-refractivity contribution in [2.75, 3.05) is 0 Å². The Morgan fingerprint density at radius 1 is 0.885 bits per heavy atom. The van der Waals surface area contributed by atoms with Crippen molar-refractivity contribution in [2.45, 2.75) is 31.1 Å². The Morgan fingerprint density at radius 3 is 2.23 bits per heavy atom. The van der Waals surface area contributed by atoms with Crippen molar-refractivity contribution in [3.8, 4) is 0 Å². The van der Waals surface area contributed by atoms with Crippen LogP contribution in [0.25, 0.3) is 5.57 Å². The molecule has 3 heteroatoms. The van der Waals surface area contributed by atoms with Crippen molar-refractivity contribution in [3.05, 3.63) is 70.6 Å². The van der Waals surface area contributed by atoms with Crippen molar-refractivity contribution in [1.82, 2.24) is 0 Å². The third-order valence-corrected chi connectivity index (χ3v) is 8.09. The van der Waals surface area contributed by atoms with Crippen LogP contribution in [0.1, 0.15) is 30.4 Å². The van der Waals surface area contributed by atoms with Gasteiger partial charge in [0.15, 0.2) is 5.78 Å². The predicted molar refractivity (Wildman–Crippen MR) is 104 cm³/mol. The minimum absolute atomic E-state index is 0.0633. The molecule has 2 aromatic carbocycles. The molecule has 5 atom stereocenters. The van der Waals surface area contributed by atoms with Crippen LogP contribution in [0, 0.1) is 30.6 Å². The first-order chi connectivity index (χ1) is 12.6. The van der Waals surface area contributed by atoms with E-state index in [1.54, 1.807) is 0 Å². The zero-order valence-electron chi connectivity index (χ0n) is 14.9. The molecular weight excluding hydrogens is 340 g/mol. The fraction of sp³-hybridized carbons (Fsp3) is 0.348. The van der Waals surface area contributed by atoms with Gasteiger partial charge in [0.2, 0.25) is 0 Å². The summed E-state index contributed by atoms with van der Waals surface area (Å²) in [5.41, 5.74) is 2.83. The lowest BCUT2D eigenvalue weighted by Crippen LogP contribution is -2.25. The number of Topliss-reactive ketones (excluding diaryl/α,β-unsaturated/α-hetero) is 1. The number of hydrogen-bond donors (Lipinski definition) is 0. The Kier molecular flexibility index (Phi) is 3.75. The molecule has 0 amide bonds. The minimum Gasteiger partial charge on any atom is -0.294 e. The van der Waals surface area contributed by atoms with Gasteiger partial charge in [-0.15, -0.1) is 0 Å². The van der Waals surface area contributed by atoms with Gasteiger partial charge < -0.3 is 0 Å². The van der Waals surface area contributed by atoms with Crippen LogP contribution in [0.5, 0.6) is 0 Å². The molecular formula is C23H22O2S. The van der Waals surface area contributed by atoms with Crippen LogP contribution in [-0.2, 0) is 15.6 Å². The fourth-order valence-electron chi connectivity index (χ4n) is 5.40. The van der Waals surface area contributed by atoms with Gasteiger partial charge in [0, 0.05) is 27.2 Å². The highest BCUT2D eigenvalue weighted by Crippen LogP contribution is 2.61. The Hall–Kier alpha value is -2.00. The lowest BCUT2D eigenvalue weighted by Gasteiger charge is -2.25. The summed E-state index contributed by atoms with van der Waals surface area (Å²) in [6.45, 7) is 2.03. The molecule has 3 aliphatic rings. The summed E-state index contributed by atoms with van der Waals surface area (Å²) in [5, 5.41) is 0. The Labute approximate surface area is 156 Å². The van der Waals surface area contributed by atoms with Crippen LogP contribution >= 0.6 is 0 Å². The van der Waals surface area contributed by atoms with E-state index in [0.717, 1.165) is 39.3 Å². The smallest absolute Gasteiger partial charge is 0.168 e. The number of benzene rings is 2. The predicted octanol–water partition coefficient (Wildman–Crippen LogP) is 4.76. The van der Waals surface area contributed by atoms with E-state index in [2.05, 4.69) is 0 Å². The highest BCUT2D eigenvalue weighted by atomic mass is 32.2. The first-order valence-corrected chi connectivity index (χ1v) is 10.6.